The molecule has 1 aliphatic rings. The highest BCUT2D eigenvalue weighted by Crippen LogP contribution is 2.39. The maximum Gasteiger partial charge on any atom is 0.148 e. The molecule has 1 atom stereocenters. The Morgan fingerprint density at radius 2 is 2.31 bits per heavy atom. The van der Waals surface area contributed by atoms with Crippen LogP contribution in [0.4, 0.5) is 0 Å². The largest absolute Gasteiger partial charge is 0.298 e. The zero-order valence-corrected chi connectivity index (χ0v) is 9.97. The van der Waals surface area contributed by atoms with Crippen molar-refractivity contribution in [3.63, 3.8) is 0 Å². The number of carbonyl (C=O) groups excluding carboxylic acids is 1. The molecule has 0 aliphatic heterocycles. The quantitative estimate of drug-likeness (QED) is 0.336. The summed E-state index contributed by atoms with van der Waals surface area (Å²) in [4.78, 5) is 11.5. The molecule has 0 amide bonds. The molecule has 0 heterocycles. The average Bonchev–Trinajstić information content (AvgIpc) is 2.42. The standard InChI is InChI=1S/C11H15IO/c1-2-3-4-5-8-11(12)9-6-7-10(11)13/h1H,3-9H2. The van der Waals surface area contributed by atoms with Gasteiger partial charge in [0.15, 0.2) is 0 Å². The van der Waals surface area contributed by atoms with Crippen molar-refractivity contribution in [2.45, 2.75) is 48.4 Å². The maximum atomic E-state index is 11.5. The van der Waals surface area contributed by atoms with E-state index >= 15 is 0 Å². The van der Waals surface area contributed by atoms with E-state index in [0.717, 1.165) is 44.9 Å². The van der Waals surface area contributed by atoms with Crippen molar-refractivity contribution in [2.24, 2.45) is 0 Å². The molecule has 1 fully saturated rings. The third kappa shape index (κ3) is 2.98. The van der Waals surface area contributed by atoms with Crippen molar-refractivity contribution < 1.29 is 4.79 Å². The molecule has 0 spiro atoms. The first kappa shape index (κ1) is 11.0. The first-order chi connectivity index (χ1) is 6.19. The Morgan fingerprint density at radius 3 is 2.85 bits per heavy atom. The molecule has 2 heteroatoms. The summed E-state index contributed by atoms with van der Waals surface area (Å²) in [6, 6.07) is 0. The van der Waals surface area contributed by atoms with Crippen LogP contribution in [0.5, 0.6) is 0 Å². The van der Waals surface area contributed by atoms with Gasteiger partial charge in [0, 0.05) is 12.8 Å². The molecule has 0 saturated heterocycles. The molecule has 0 aromatic carbocycles. The summed E-state index contributed by atoms with van der Waals surface area (Å²) in [7, 11) is 0. The van der Waals surface area contributed by atoms with Crippen LogP contribution in [0, 0.1) is 12.3 Å². The van der Waals surface area contributed by atoms with Gasteiger partial charge in [-0.3, -0.25) is 4.79 Å². The van der Waals surface area contributed by atoms with Crippen LogP contribution >= 0.6 is 22.6 Å². The van der Waals surface area contributed by atoms with Gasteiger partial charge in [-0.05, 0) is 25.7 Å². The van der Waals surface area contributed by atoms with Gasteiger partial charge >= 0.3 is 0 Å². The van der Waals surface area contributed by atoms with E-state index in [-0.39, 0.29) is 3.42 Å². The number of unbranched alkanes of at least 4 members (excludes halogenated alkanes) is 2. The highest BCUT2D eigenvalue weighted by atomic mass is 127. The van der Waals surface area contributed by atoms with E-state index in [9.17, 15) is 4.79 Å². The zero-order chi connectivity index (χ0) is 9.73. The Kier molecular flexibility index (Phi) is 4.24. The molecular formula is C11H15IO. The molecule has 0 aromatic heterocycles. The summed E-state index contributed by atoms with van der Waals surface area (Å²) < 4.78 is -0.0354. The Hall–Kier alpha value is -0.0400. The van der Waals surface area contributed by atoms with Crippen LogP contribution in [0.3, 0.4) is 0 Å². The second-order valence-corrected chi connectivity index (χ2v) is 5.72. The van der Waals surface area contributed by atoms with E-state index in [2.05, 4.69) is 28.5 Å². The number of ketones is 1. The van der Waals surface area contributed by atoms with Crippen molar-refractivity contribution in [3.05, 3.63) is 0 Å². The van der Waals surface area contributed by atoms with Crippen molar-refractivity contribution in [1.29, 1.82) is 0 Å². The average molecular weight is 290 g/mol. The van der Waals surface area contributed by atoms with Gasteiger partial charge in [0.05, 0.1) is 3.42 Å². The van der Waals surface area contributed by atoms with Crippen molar-refractivity contribution in [3.8, 4) is 12.3 Å². The van der Waals surface area contributed by atoms with Crippen LogP contribution < -0.4 is 0 Å². The highest BCUT2D eigenvalue weighted by molar-refractivity contribution is 14.1. The van der Waals surface area contributed by atoms with Crippen LogP contribution in [0.2, 0.25) is 0 Å². The van der Waals surface area contributed by atoms with E-state index in [4.69, 9.17) is 6.42 Å². The Morgan fingerprint density at radius 1 is 1.54 bits per heavy atom. The summed E-state index contributed by atoms with van der Waals surface area (Å²) in [5, 5.41) is 0. The molecule has 1 aliphatic carbocycles. The fraction of sp³-hybridized carbons (Fsp3) is 0.727. The SMILES string of the molecule is C#CCCCCC1(I)CCCC1=O. The van der Waals surface area contributed by atoms with Gasteiger partial charge < -0.3 is 0 Å². The number of Topliss-reactive ketones (excluding diaryl/α,β-unsaturated/α-hetero) is 1. The second-order valence-electron chi connectivity index (χ2n) is 3.65. The molecule has 1 saturated carbocycles. The van der Waals surface area contributed by atoms with E-state index in [1.165, 1.54) is 0 Å². The third-order valence-corrected chi connectivity index (χ3v) is 4.30. The Balaban J connectivity index is 2.27. The molecular weight excluding hydrogens is 275 g/mol. The van der Waals surface area contributed by atoms with Gasteiger partial charge in [0.1, 0.15) is 5.78 Å². The number of halogens is 1. The molecule has 0 N–H and O–H groups in total. The molecule has 1 nitrogen and oxygen atoms in total. The van der Waals surface area contributed by atoms with Gasteiger partial charge in [-0.25, -0.2) is 0 Å². The predicted octanol–water partition coefficient (Wildman–Crippen LogP) is 3.11. The number of hydrogen-bond donors (Lipinski definition) is 0. The zero-order valence-electron chi connectivity index (χ0n) is 7.81. The lowest BCUT2D eigenvalue weighted by molar-refractivity contribution is -0.119. The number of hydrogen-bond acceptors (Lipinski definition) is 1. The number of alkyl halides is 1. The van der Waals surface area contributed by atoms with Crippen molar-refractivity contribution in [2.75, 3.05) is 0 Å². The van der Waals surface area contributed by atoms with Crippen LogP contribution in [0.1, 0.15) is 44.9 Å². The first-order valence-corrected chi connectivity index (χ1v) is 5.92. The third-order valence-electron chi connectivity index (χ3n) is 2.62. The number of terminal acetylenes is 1. The van der Waals surface area contributed by atoms with Gasteiger partial charge in [-0.15, -0.1) is 12.3 Å². The summed E-state index contributed by atoms with van der Waals surface area (Å²) in [6.45, 7) is 0. The predicted molar refractivity (Wildman–Crippen MR) is 62.9 cm³/mol. The topological polar surface area (TPSA) is 17.1 Å². The van der Waals surface area contributed by atoms with E-state index in [1.54, 1.807) is 0 Å². The Labute approximate surface area is 93.8 Å². The normalized spacial score (nSPS) is 27.5. The summed E-state index contributed by atoms with van der Waals surface area (Å²) in [6.07, 6.45) is 12.1. The van der Waals surface area contributed by atoms with Gasteiger partial charge in [0.25, 0.3) is 0 Å². The van der Waals surface area contributed by atoms with Gasteiger partial charge in [-0.2, -0.15) is 0 Å². The van der Waals surface area contributed by atoms with Crippen LogP contribution in [0.25, 0.3) is 0 Å². The minimum absolute atomic E-state index is 0.0354. The maximum absolute atomic E-state index is 11.5. The van der Waals surface area contributed by atoms with Gasteiger partial charge in [0.2, 0.25) is 0 Å². The number of rotatable bonds is 4. The molecule has 1 rings (SSSR count). The monoisotopic (exact) mass is 290 g/mol. The molecule has 0 radical (unpaired) electrons. The summed E-state index contributed by atoms with van der Waals surface area (Å²) in [5.41, 5.74) is 0. The molecule has 1 unspecified atom stereocenters. The van der Waals surface area contributed by atoms with Crippen molar-refractivity contribution >= 4 is 28.4 Å². The lowest BCUT2D eigenvalue weighted by atomic mass is 9.99. The summed E-state index contributed by atoms with van der Waals surface area (Å²) in [5.74, 6) is 3.08. The molecule has 0 bridgehead atoms. The van der Waals surface area contributed by atoms with Crippen LogP contribution in [-0.4, -0.2) is 9.20 Å². The fourth-order valence-corrected chi connectivity index (χ4v) is 2.82. The number of carbonyl (C=O) groups is 1. The van der Waals surface area contributed by atoms with E-state index in [0.29, 0.717) is 5.78 Å². The minimum Gasteiger partial charge on any atom is -0.298 e. The van der Waals surface area contributed by atoms with Crippen LogP contribution in [-0.2, 0) is 4.79 Å². The Bertz CT molecular complexity index is 229. The smallest absolute Gasteiger partial charge is 0.148 e. The fourth-order valence-electron chi connectivity index (χ4n) is 1.79. The molecule has 72 valence electrons. The molecule has 0 aromatic rings. The summed E-state index contributed by atoms with van der Waals surface area (Å²) >= 11 is 2.34. The van der Waals surface area contributed by atoms with E-state index < -0.39 is 0 Å². The van der Waals surface area contributed by atoms with Crippen molar-refractivity contribution in [1.82, 2.24) is 0 Å². The first-order valence-electron chi connectivity index (χ1n) is 4.85. The lowest BCUT2D eigenvalue weighted by Crippen LogP contribution is -2.25. The van der Waals surface area contributed by atoms with E-state index in [1.807, 2.05) is 0 Å². The lowest BCUT2D eigenvalue weighted by Gasteiger charge is -2.18. The van der Waals surface area contributed by atoms with Crippen LogP contribution in [0.15, 0.2) is 0 Å². The molecule has 13 heavy (non-hydrogen) atoms. The highest BCUT2D eigenvalue weighted by Gasteiger charge is 2.38. The minimum atomic E-state index is -0.0354. The van der Waals surface area contributed by atoms with Gasteiger partial charge in [-0.1, -0.05) is 29.0 Å². The second kappa shape index (κ2) is 4.99.